The molecule has 0 aliphatic rings. The highest BCUT2D eigenvalue weighted by Gasteiger charge is 1.58. The average molecular weight is 93.1 g/mol. The second-order valence-electron chi connectivity index (χ2n) is 1.09. The van der Waals surface area contributed by atoms with E-state index in [1.165, 1.54) is 0 Å². The Hall–Kier alpha value is -0.520. The fourth-order valence-corrected chi connectivity index (χ4v) is 0.236. The molecule has 37 valence electrons. The van der Waals surface area contributed by atoms with Crippen LogP contribution in [0.1, 0.15) is 6.42 Å². The lowest BCUT2D eigenvalue weighted by molar-refractivity contribution is 1.40. The first-order chi connectivity index (χ1) is 3.41. The monoisotopic (exact) mass is 93.1 g/mol. The average Bonchev–Trinajstić information content (AvgIpc) is 1.69. The molecular weight excluding hydrogens is 84.1 g/mol. The first-order valence-corrected chi connectivity index (χ1v) is 2.22. The van der Waals surface area contributed by atoms with Crippen molar-refractivity contribution in [1.29, 1.82) is 0 Å². The van der Waals surface area contributed by atoms with Gasteiger partial charge in [0.15, 0.2) is 0 Å². The molecule has 0 fully saturated rings. The first kappa shape index (κ1) is 6.48. The maximum atomic E-state index is 5.13. The van der Waals surface area contributed by atoms with Gasteiger partial charge < -0.3 is 0 Å². The van der Waals surface area contributed by atoms with Gasteiger partial charge in [-0.1, -0.05) is 24.3 Å². The molecule has 0 aromatic rings. The SMILES string of the molecule is [CH]C/C=C/C=C/[CH2]. The van der Waals surface area contributed by atoms with Crippen LogP contribution in [-0.4, -0.2) is 0 Å². The summed E-state index contributed by atoms with van der Waals surface area (Å²) in [6, 6.07) is 0. The largest absolute Gasteiger partial charge is 0.0843 e. The van der Waals surface area contributed by atoms with Crippen LogP contribution in [0.2, 0.25) is 0 Å². The van der Waals surface area contributed by atoms with Gasteiger partial charge in [-0.3, -0.25) is 0 Å². The zero-order chi connectivity index (χ0) is 5.54. The third kappa shape index (κ3) is 5.48. The van der Waals surface area contributed by atoms with Crippen LogP contribution in [-0.2, 0) is 0 Å². The third-order valence-electron chi connectivity index (χ3n) is 0.519. The fraction of sp³-hybridized carbons (Fsp3) is 0.143. The maximum absolute atomic E-state index is 5.13. The van der Waals surface area contributed by atoms with Gasteiger partial charge in [0.05, 0.1) is 0 Å². The van der Waals surface area contributed by atoms with Crippen molar-refractivity contribution < 1.29 is 0 Å². The first-order valence-electron chi connectivity index (χ1n) is 2.22. The molecule has 0 unspecified atom stereocenters. The summed E-state index contributed by atoms with van der Waals surface area (Å²) in [5.41, 5.74) is 0. The molecule has 0 N–H and O–H groups in total. The molecule has 0 heterocycles. The van der Waals surface area contributed by atoms with Crippen LogP contribution in [0.5, 0.6) is 0 Å². The van der Waals surface area contributed by atoms with Crippen molar-refractivity contribution in [2.45, 2.75) is 6.42 Å². The van der Waals surface area contributed by atoms with Gasteiger partial charge in [0.1, 0.15) is 0 Å². The van der Waals surface area contributed by atoms with Gasteiger partial charge in [0, 0.05) is 0 Å². The molecule has 0 spiro atoms. The lowest BCUT2D eigenvalue weighted by atomic mass is 10.4. The van der Waals surface area contributed by atoms with E-state index in [2.05, 4.69) is 6.92 Å². The fourth-order valence-electron chi connectivity index (χ4n) is 0.236. The second-order valence-corrected chi connectivity index (χ2v) is 1.09. The number of allylic oxidation sites excluding steroid dienone is 4. The van der Waals surface area contributed by atoms with E-state index < -0.39 is 0 Å². The van der Waals surface area contributed by atoms with Crippen molar-refractivity contribution in [2.75, 3.05) is 0 Å². The van der Waals surface area contributed by atoms with Crippen LogP contribution >= 0.6 is 0 Å². The maximum Gasteiger partial charge on any atom is -0.0311 e. The van der Waals surface area contributed by atoms with Crippen LogP contribution in [0.15, 0.2) is 24.3 Å². The minimum atomic E-state index is 0.602. The van der Waals surface area contributed by atoms with Gasteiger partial charge in [-0.2, -0.15) is 0 Å². The molecule has 0 aliphatic heterocycles. The molecule has 0 saturated heterocycles. The Labute approximate surface area is 45.5 Å². The summed E-state index contributed by atoms with van der Waals surface area (Å²) >= 11 is 0. The van der Waals surface area contributed by atoms with E-state index in [1.807, 2.05) is 18.2 Å². The Bertz CT molecular complexity index is 68.1. The minimum Gasteiger partial charge on any atom is -0.0843 e. The molecule has 0 rings (SSSR count). The molecule has 0 saturated carbocycles. The lowest BCUT2D eigenvalue weighted by Gasteiger charge is -1.69. The standard InChI is InChI=1S/C7H9/c1-3-5-7-6-4-2/h1,4-7H,2-3H2/b6-4+,7-5+. The normalized spacial score (nSPS) is 11.7. The second kappa shape index (κ2) is 5.48. The van der Waals surface area contributed by atoms with Gasteiger partial charge in [-0.05, 0) is 20.3 Å². The van der Waals surface area contributed by atoms with Gasteiger partial charge in [0.25, 0.3) is 0 Å². The highest BCUT2D eigenvalue weighted by Crippen LogP contribution is 1.78. The van der Waals surface area contributed by atoms with Crippen molar-refractivity contribution in [2.24, 2.45) is 0 Å². The summed E-state index contributed by atoms with van der Waals surface area (Å²) in [5.74, 6) is 0. The quantitative estimate of drug-likeness (QED) is 0.458. The highest BCUT2D eigenvalue weighted by atomic mass is 13.6. The van der Waals surface area contributed by atoms with Crippen molar-refractivity contribution >= 4 is 0 Å². The Kier molecular flexibility index (Phi) is 5.07. The van der Waals surface area contributed by atoms with Crippen molar-refractivity contribution in [3.05, 3.63) is 38.2 Å². The predicted molar refractivity (Wildman–Crippen MR) is 32.6 cm³/mol. The summed E-state index contributed by atoms with van der Waals surface area (Å²) in [5, 5.41) is 0. The molecule has 0 amide bonds. The minimum absolute atomic E-state index is 0.602. The van der Waals surface area contributed by atoms with E-state index in [4.69, 9.17) is 6.92 Å². The Balaban J connectivity index is 3.09. The molecule has 7 heavy (non-hydrogen) atoms. The molecule has 0 aromatic heterocycles. The number of hydrogen-bond acceptors (Lipinski definition) is 0. The lowest BCUT2D eigenvalue weighted by Crippen LogP contribution is -1.49. The summed E-state index contributed by atoms with van der Waals surface area (Å²) in [4.78, 5) is 0. The molecule has 0 atom stereocenters. The summed E-state index contributed by atoms with van der Waals surface area (Å²) < 4.78 is 0. The van der Waals surface area contributed by atoms with E-state index in [0.717, 1.165) is 0 Å². The van der Waals surface area contributed by atoms with Gasteiger partial charge in [-0.15, -0.1) is 0 Å². The predicted octanol–water partition coefficient (Wildman–Crippen LogP) is 2.03. The van der Waals surface area contributed by atoms with Crippen LogP contribution in [0.4, 0.5) is 0 Å². The zero-order valence-corrected chi connectivity index (χ0v) is 4.30. The number of hydrogen-bond donors (Lipinski definition) is 0. The molecule has 0 nitrogen and oxygen atoms in total. The smallest absolute Gasteiger partial charge is 0.0311 e. The topological polar surface area (TPSA) is 0 Å². The van der Waals surface area contributed by atoms with Crippen molar-refractivity contribution in [3.63, 3.8) is 0 Å². The van der Waals surface area contributed by atoms with Crippen LogP contribution in [0, 0.1) is 13.8 Å². The van der Waals surface area contributed by atoms with E-state index in [-0.39, 0.29) is 0 Å². The summed E-state index contributed by atoms with van der Waals surface area (Å²) in [6.07, 6.45) is 7.89. The molecular formula is C7H9. The van der Waals surface area contributed by atoms with Gasteiger partial charge in [-0.25, -0.2) is 0 Å². The Morgan fingerprint density at radius 1 is 1.43 bits per heavy atom. The molecule has 3 radical (unpaired) electrons. The van der Waals surface area contributed by atoms with E-state index in [1.54, 1.807) is 6.08 Å². The van der Waals surface area contributed by atoms with E-state index >= 15 is 0 Å². The van der Waals surface area contributed by atoms with Crippen molar-refractivity contribution in [3.8, 4) is 0 Å². The molecule has 0 aromatic carbocycles. The molecule has 0 bridgehead atoms. The van der Waals surface area contributed by atoms with Gasteiger partial charge in [0.2, 0.25) is 0 Å². The molecule has 0 heteroatoms. The van der Waals surface area contributed by atoms with Crippen molar-refractivity contribution in [1.82, 2.24) is 0 Å². The molecule has 0 aliphatic carbocycles. The third-order valence-corrected chi connectivity index (χ3v) is 0.519. The number of rotatable bonds is 2. The van der Waals surface area contributed by atoms with Crippen LogP contribution in [0.3, 0.4) is 0 Å². The zero-order valence-electron chi connectivity index (χ0n) is 4.30. The Morgan fingerprint density at radius 2 is 2.14 bits per heavy atom. The summed E-state index contributed by atoms with van der Waals surface area (Å²) in [6.45, 7) is 8.61. The van der Waals surface area contributed by atoms with Gasteiger partial charge >= 0.3 is 0 Å². The Morgan fingerprint density at radius 3 is 2.57 bits per heavy atom. The van der Waals surface area contributed by atoms with Crippen LogP contribution in [0.25, 0.3) is 0 Å². The highest BCUT2D eigenvalue weighted by molar-refractivity contribution is 5.03. The van der Waals surface area contributed by atoms with Crippen LogP contribution < -0.4 is 0 Å². The van der Waals surface area contributed by atoms with E-state index in [0.29, 0.717) is 6.42 Å². The summed E-state index contributed by atoms with van der Waals surface area (Å²) in [7, 11) is 0. The van der Waals surface area contributed by atoms with E-state index in [9.17, 15) is 0 Å².